The van der Waals surface area contributed by atoms with Gasteiger partial charge in [0.2, 0.25) is 0 Å². The summed E-state index contributed by atoms with van der Waals surface area (Å²) in [6, 6.07) is 11.6. The van der Waals surface area contributed by atoms with Crippen LogP contribution in [0.1, 0.15) is 63.4 Å². The number of aliphatic hydroxyl groups is 1. The molecule has 1 unspecified atom stereocenters. The average Bonchev–Trinajstić information content (AvgIpc) is 3.39. The highest BCUT2D eigenvalue weighted by Crippen LogP contribution is 2.44. The molecule has 192 valence electrons. The van der Waals surface area contributed by atoms with Crippen LogP contribution in [0.15, 0.2) is 48.0 Å². The van der Waals surface area contributed by atoms with Crippen LogP contribution in [0.2, 0.25) is 0 Å². The number of Topliss-reactive ketones (excluding diaryl/α,β-unsaturated/α-hetero) is 1. The Kier molecular flexibility index (Phi) is 7.18. The molecule has 3 aromatic rings. The van der Waals surface area contributed by atoms with E-state index in [4.69, 9.17) is 9.47 Å². The molecule has 1 amide bonds. The minimum atomic E-state index is -0.945. The molecule has 1 fully saturated rings. The van der Waals surface area contributed by atoms with Crippen LogP contribution in [0.3, 0.4) is 0 Å². The maximum absolute atomic E-state index is 13.4. The van der Waals surface area contributed by atoms with Crippen molar-refractivity contribution >= 4 is 39.9 Å². The molecule has 0 radical (unpaired) electrons. The van der Waals surface area contributed by atoms with Crippen LogP contribution in [0.25, 0.3) is 5.76 Å². The maximum atomic E-state index is 13.4. The minimum absolute atomic E-state index is 0.0562. The fourth-order valence-corrected chi connectivity index (χ4v) is 5.37. The first-order valence-electron chi connectivity index (χ1n) is 11.7. The summed E-state index contributed by atoms with van der Waals surface area (Å²) in [6.45, 7) is 7.60. The van der Waals surface area contributed by atoms with Crippen LogP contribution >= 0.6 is 11.3 Å². The number of hydrogen-bond donors (Lipinski definition) is 1. The molecule has 2 aromatic carbocycles. The summed E-state index contributed by atoms with van der Waals surface area (Å²) in [5.74, 6) is -1.64. The van der Waals surface area contributed by atoms with Crippen molar-refractivity contribution in [2.45, 2.75) is 39.7 Å². The van der Waals surface area contributed by atoms with E-state index in [0.717, 1.165) is 22.5 Å². The number of benzene rings is 2. The normalized spacial score (nSPS) is 16.9. The second-order valence-corrected chi connectivity index (χ2v) is 10.1. The number of nitrogens with zero attached hydrogens (tertiary/aromatic N) is 2. The minimum Gasteiger partial charge on any atom is -0.507 e. The fourth-order valence-electron chi connectivity index (χ4n) is 4.36. The SMILES string of the molecule is COC(=O)c1sc(N2C(=O)C(=O)C(=C(O)c3ccc(OC)c(C)c3)C2c2ccc(C(C)C)cc2)nc1C. The lowest BCUT2D eigenvalue weighted by Crippen LogP contribution is -2.29. The number of ketones is 1. The summed E-state index contributed by atoms with van der Waals surface area (Å²) >= 11 is 0.965. The Balaban J connectivity index is 1.93. The Hall–Kier alpha value is -3.98. The first-order chi connectivity index (χ1) is 17.6. The van der Waals surface area contributed by atoms with E-state index in [2.05, 4.69) is 18.8 Å². The molecule has 0 spiro atoms. The quantitative estimate of drug-likeness (QED) is 0.203. The second kappa shape index (κ2) is 10.2. The number of rotatable bonds is 6. The third-order valence-corrected chi connectivity index (χ3v) is 7.53. The van der Waals surface area contributed by atoms with E-state index >= 15 is 0 Å². The van der Waals surface area contributed by atoms with Crippen LogP contribution in [0.5, 0.6) is 5.75 Å². The Labute approximate surface area is 219 Å². The van der Waals surface area contributed by atoms with E-state index < -0.39 is 23.7 Å². The van der Waals surface area contributed by atoms with Gasteiger partial charge in [0.25, 0.3) is 5.78 Å². The zero-order chi connectivity index (χ0) is 27.0. The molecule has 0 bridgehead atoms. The predicted molar refractivity (Wildman–Crippen MR) is 141 cm³/mol. The van der Waals surface area contributed by atoms with Crippen molar-refractivity contribution in [3.8, 4) is 5.75 Å². The van der Waals surface area contributed by atoms with Gasteiger partial charge < -0.3 is 14.6 Å². The molecule has 8 nitrogen and oxygen atoms in total. The zero-order valence-corrected chi connectivity index (χ0v) is 22.3. The van der Waals surface area contributed by atoms with Gasteiger partial charge in [0, 0.05) is 5.56 Å². The highest BCUT2D eigenvalue weighted by atomic mass is 32.1. The molecule has 2 heterocycles. The third kappa shape index (κ3) is 4.62. The summed E-state index contributed by atoms with van der Waals surface area (Å²) in [5, 5.41) is 11.5. The molecule has 9 heteroatoms. The number of ether oxygens (including phenoxy) is 2. The summed E-state index contributed by atoms with van der Waals surface area (Å²) in [4.78, 5) is 44.9. The summed E-state index contributed by atoms with van der Waals surface area (Å²) < 4.78 is 10.1. The predicted octanol–water partition coefficient (Wildman–Crippen LogP) is 5.30. The van der Waals surface area contributed by atoms with Crippen LogP contribution in [-0.2, 0) is 14.3 Å². The van der Waals surface area contributed by atoms with E-state index in [1.165, 1.54) is 12.0 Å². The van der Waals surface area contributed by atoms with Crippen molar-refractivity contribution in [1.29, 1.82) is 0 Å². The van der Waals surface area contributed by atoms with Crippen molar-refractivity contribution in [2.24, 2.45) is 0 Å². The largest absolute Gasteiger partial charge is 0.507 e. The molecule has 1 N–H and O–H groups in total. The van der Waals surface area contributed by atoms with Crippen molar-refractivity contribution < 1.29 is 29.0 Å². The first-order valence-corrected chi connectivity index (χ1v) is 12.5. The lowest BCUT2D eigenvalue weighted by Gasteiger charge is -2.23. The number of carbonyl (C=O) groups excluding carboxylic acids is 3. The van der Waals surface area contributed by atoms with Gasteiger partial charge >= 0.3 is 11.9 Å². The van der Waals surface area contributed by atoms with Gasteiger partial charge in [-0.1, -0.05) is 49.4 Å². The van der Waals surface area contributed by atoms with E-state index in [1.807, 2.05) is 31.2 Å². The Morgan fingerprint density at radius 3 is 2.32 bits per heavy atom. The average molecular weight is 521 g/mol. The van der Waals surface area contributed by atoms with Gasteiger partial charge in [-0.05, 0) is 54.7 Å². The van der Waals surface area contributed by atoms with Gasteiger partial charge in [0.1, 0.15) is 16.4 Å². The van der Waals surface area contributed by atoms with Gasteiger partial charge in [-0.3, -0.25) is 14.5 Å². The van der Waals surface area contributed by atoms with Gasteiger partial charge in [0.05, 0.1) is 31.5 Å². The van der Waals surface area contributed by atoms with Crippen molar-refractivity contribution in [3.05, 3.63) is 80.9 Å². The second-order valence-electron chi connectivity index (χ2n) is 9.08. The van der Waals surface area contributed by atoms with Crippen molar-refractivity contribution in [1.82, 2.24) is 4.98 Å². The molecule has 37 heavy (non-hydrogen) atoms. The molecule has 1 aromatic heterocycles. The number of amides is 1. The first kappa shape index (κ1) is 26.1. The van der Waals surface area contributed by atoms with Gasteiger partial charge in [-0.2, -0.15) is 0 Å². The van der Waals surface area contributed by atoms with E-state index in [-0.39, 0.29) is 27.3 Å². The summed E-state index contributed by atoms with van der Waals surface area (Å²) in [6.07, 6.45) is 0. The van der Waals surface area contributed by atoms with Crippen molar-refractivity contribution in [2.75, 3.05) is 19.1 Å². The Morgan fingerprint density at radius 1 is 1.08 bits per heavy atom. The molecule has 1 aliphatic rings. The van der Waals surface area contributed by atoms with Crippen LogP contribution < -0.4 is 9.64 Å². The highest BCUT2D eigenvalue weighted by Gasteiger charge is 2.48. The standard InChI is InChI=1S/C28H28N2O6S/c1-14(2)17-7-9-18(10-8-17)22-21(23(31)19-11-12-20(35-5)15(3)13-19)24(32)26(33)30(22)28-29-16(4)25(37-28)27(34)36-6/h7-14,22,31H,1-6H3. The number of methoxy groups -OCH3 is 2. The van der Waals surface area contributed by atoms with Gasteiger partial charge in [-0.25, -0.2) is 9.78 Å². The summed E-state index contributed by atoms with van der Waals surface area (Å²) in [7, 11) is 2.81. The van der Waals surface area contributed by atoms with Gasteiger partial charge in [0.15, 0.2) is 5.13 Å². The number of thiazole rings is 1. The number of carbonyl (C=O) groups is 3. The van der Waals surface area contributed by atoms with Crippen molar-refractivity contribution in [3.63, 3.8) is 0 Å². The Bertz CT molecular complexity index is 1420. The number of hydrogen-bond acceptors (Lipinski definition) is 8. The monoisotopic (exact) mass is 520 g/mol. The molecule has 1 aliphatic heterocycles. The topological polar surface area (TPSA) is 106 Å². The van der Waals surface area contributed by atoms with Crippen LogP contribution in [0, 0.1) is 13.8 Å². The number of aliphatic hydroxyl groups excluding tert-OH is 1. The fraction of sp³-hybridized carbons (Fsp3) is 0.286. The lowest BCUT2D eigenvalue weighted by molar-refractivity contribution is -0.132. The number of aryl methyl sites for hydroxylation is 2. The maximum Gasteiger partial charge on any atom is 0.350 e. The molecular formula is C28H28N2O6S. The van der Waals surface area contributed by atoms with E-state index in [9.17, 15) is 19.5 Å². The molecular weight excluding hydrogens is 492 g/mol. The molecule has 1 saturated heterocycles. The van der Waals surface area contributed by atoms with Crippen LogP contribution in [-0.4, -0.2) is 42.0 Å². The molecule has 4 rings (SSSR count). The highest BCUT2D eigenvalue weighted by molar-refractivity contribution is 7.17. The lowest BCUT2D eigenvalue weighted by atomic mass is 9.93. The smallest absolute Gasteiger partial charge is 0.350 e. The molecule has 1 atom stereocenters. The number of anilines is 1. The molecule has 0 saturated carbocycles. The molecule has 0 aliphatic carbocycles. The Morgan fingerprint density at radius 2 is 1.76 bits per heavy atom. The number of esters is 1. The third-order valence-electron chi connectivity index (χ3n) is 6.39. The summed E-state index contributed by atoms with van der Waals surface area (Å²) in [5.41, 5.74) is 3.18. The van der Waals surface area contributed by atoms with E-state index in [0.29, 0.717) is 22.6 Å². The van der Waals surface area contributed by atoms with Crippen LogP contribution in [0.4, 0.5) is 5.13 Å². The van der Waals surface area contributed by atoms with Gasteiger partial charge in [-0.15, -0.1) is 0 Å². The zero-order valence-electron chi connectivity index (χ0n) is 21.5. The van der Waals surface area contributed by atoms with E-state index in [1.54, 1.807) is 32.2 Å². The number of aromatic nitrogens is 1.